The highest BCUT2D eigenvalue weighted by Crippen LogP contribution is 2.60. The summed E-state index contributed by atoms with van der Waals surface area (Å²) in [6, 6.07) is 17.7. The van der Waals surface area contributed by atoms with Crippen molar-refractivity contribution in [2.24, 2.45) is 11.8 Å². The van der Waals surface area contributed by atoms with Gasteiger partial charge in [0.1, 0.15) is 17.7 Å². The number of hydrogen-bond acceptors (Lipinski definition) is 7. The van der Waals surface area contributed by atoms with Gasteiger partial charge in [0.25, 0.3) is 0 Å². The Hall–Kier alpha value is -3.80. The van der Waals surface area contributed by atoms with Crippen molar-refractivity contribution in [3.63, 3.8) is 0 Å². The van der Waals surface area contributed by atoms with Crippen molar-refractivity contribution in [3.05, 3.63) is 97.1 Å². The number of benzene rings is 2. The van der Waals surface area contributed by atoms with Gasteiger partial charge in [-0.15, -0.1) is 13.2 Å². The van der Waals surface area contributed by atoms with Gasteiger partial charge < -0.3 is 29.7 Å². The van der Waals surface area contributed by atoms with Crippen LogP contribution in [0.2, 0.25) is 0 Å². The number of esters is 1. The number of fused-ring (bicyclic) bond motifs is 1. The quantitative estimate of drug-likeness (QED) is 0.155. The number of allylic oxidation sites excluding steroid dienone is 1. The minimum atomic E-state index is -1.27. The van der Waals surface area contributed by atoms with Crippen LogP contribution in [0.15, 0.2) is 86.0 Å². The zero-order valence-electron chi connectivity index (χ0n) is 26.3. The smallest absolute Gasteiger partial charge is 0.313 e. The first-order chi connectivity index (χ1) is 22.7. The molecule has 2 N–H and O–H groups in total. The first-order valence-electron chi connectivity index (χ1n) is 16.1. The third-order valence-corrected chi connectivity index (χ3v) is 10.1. The van der Waals surface area contributed by atoms with Crippen molar-refractivity contribution in [2.45, 2.75) is 60.9 Å². The summed E-state index contributed by atoms with van der Waals surface area (Å²) in [6.07, 6.45) is 3.17. The molecule has 3 amide bonds. The number of likely N-dealkylation sites (tertiary alicyclic amines) is 1. The molecule has 47 heavy (non-hydrogen) atoms. The van der Waals surface area contributed by atoms with Crippen LogP contribution in [0, 0.1) is 11.8 Å². The van der Waals surface area contributed by atoms with Crippen LogP contribution < -0.4 is 5.32 Å². The number of nitrogens with one attached hydrogen (secondary N) is 1. The third-order valence-electron chi connectivity index (χ3n) is 9.22. The largest absolute Gasteiger partial charge is 0.455 e. The summed E-state index contributed by atoms with van der Waals surface area (Å²) in [7, 11) is 0. The lowest BCUT2D eigenvalue weighted by atomic mass is 9.70. The van der Waals surface area contributed by atoms with Crippen LogP contribution >= 0.6 is 15.9 Å². The summed E-state index contributed by atoms with van der Waals surface area (Å²) >= 11 is 3.70. The number of aliphatic hydroxyl groups excluding tert-OH is 1. The molecule has 7 atom stereocenters. The van der Waals surface area contributed by atoms with Gasteiger partial charge in [-0.2, -0.15) is 0 Å². The maximum absolute atomic E-state index is 14.5. The van der Waals surface area contributed by atoms with Crippen molar-refractivity contribution < 1.29 is 33.8 Å². The fourth-order valence-electron chi connectivity index (χ4n) is 7.17. The molecule has 1 spiro atoms. The number of hydrogen-bond donors (Lipinski definition) is 2. The Labute approximate surface area is 283 Å². The topological polar surface area (TPSA) is 125 Å². The molecule has 0 aromatic heterocycles. The maximum Gasteiger partial charge on any atom is 0.313 e. The van der Waals surface area contributed by atoms with Crippen molar-refractivity contribution in [3.8, 4) is 0 Å². The van der Waals surface area contributed by atoms with Gasteiger partial charge >= 0.3 is 5.97 Å². The molecule has 3 heterocycles. The van der Waals surface area contributed by atoms with Gasteiger partial charge in [-0.1, -0.05) is 88.7 Å². The normalized spacial score (nSPS) is 26.4. The van der Waals surface area contributed by atoms with Gasteiger partial charge in [-0.05, 0) is 30.4 Å². The van der Waals surface area contributed by atoms with Crippen LogP contribution in [-0.2, 0) is 35.2 Å². The number of ether oxygens (including phenoxy) is 2. The van der Waals surface area contributed by atoms with Crippen LogP contribution in [-0.4, -0.2) is 87.4 Å². The van der Waals surface area contributed by atoms with Crippen LogP contribution in [0.1, 0.15) is 42.9 Å². The summed E-state index contributed by atoms with van der Waals surface area (Å²) in [5.41, 5.74) is 0.335. The van der Waals surface area contributed by atoms with Gasteiger partial charge in [0.15, 0.2) is 0 Å². The molecule has 0 aliphatic carbocycles. The Kier molecular flexibility index (Phi) is 11.3. The van der Waals surface area contributed by atoms with Gasteiger partial charge in [-0.25, -0.2) is 0 Å². The van der Waals surface area contributed by atoms with E-state index in [2.05, 4.69) is 34.4 Å². The number of halogens is 1. The van der Waals surface area contributed by atoms with Crippen molar-refractivity contribution >= 4 is 39.6 Å². The van der Waals surface area contributed by atoms with E-state index < -0.39 is 41.7 Å². The molecule has 10 nitrogen and oxygen atoms in total. The lowest BCUT2D eigenvalue weighted by molar-refractivity contribution is -0.160. The third kappa shape index (κ3) is 7.07. The molecule has 1 unspecified atom stereocenters. The van der Waals surface area contributed by atoms with Crippen LogP contribution in [0.25, 0.3) is 0 Å². The molecule has 2 aromatic rings. The monoisotopic (exact) mass is 707 g/mol. The van der Waals surface area contributed by atoms with Gasteiger partial charge in [0, 0.05) is 37.5 Å². The van der Waals surface area contributed by atoms with Gasteiger partial charge in [-0.3, -0.25) is 19.2 Å². The Morgan fingerprint density at radius 1 is 1.13 bits per heavy atom. The molecule has 250 valence electrons. The van der Waals surface area contributed by atoms with E-state index in [0.29, 0.717) is 24.9 Å². The van der Waals surface area contributed by atoms with Crippen molar-refractivity contribution in [1.82, 2.24) is 15.1 Å². The molecular formula is C36H42BrN3O7. The lowest BCUT2D eigenvalue weighted by Crippen LogP contribution is -2.56. The summed E-state index contributed by atoms with van der Waals surface area (Å²) in [5.74, 6) is -3.44. The second-order valence-electron chi connectivity index (χ2n) is 12.2. The predicted molar refractivity (Wildman–Crippen MR) is 179 cm³/mol. The van der Waals surface area contributed by atoms with E-state index >= 15 is 0 Å². The fourth-order valence-corrected chi connectivity index (χ4v) is 8.11. The molecule has 2 bridgehead atoms. The van der Waals surface area contributed by atoms with Gasteiger partial charge in [0.2, 0.25) is 17.7 Å². The number of carbonyl (C=O) groups excluding carboxylic acids is 4. The molecule has 3 fully saturated rings. The van der Waals surface area contributed by atoms with Crippen molar-refractivity contribution in [2.75, 3.05) is 26.2 Å². The highest BCUT2D eigenvalue weighted by Gasteiger charge is 2.77. The second-order valence-corrected chi connectivity index (χ2v) is 13.4. The van der Waals surface area contributed by atoms with E-state index in [1.165, 1.54) is 4.90 Å². The van der Waals surface area contributed by atoms with E-state index in [0.717, 1.165) is 5.56 Å². The van der Waals surface area contributed by atoms with E-state index in [9.17, 15) is 24.3 Å². The van der Waals surface area contributed by atoms with Gasteiger partial charge in [0.05, 0.1) is 24.5 Å². The van der Waals surface area contributed by atoms with Crippen LogP contribution in [0.3, 0.4) is 0 Å². The first kappa shape index (κ1) is 34.5. The minimum absolute atomic E-state index is 0.0468. The molecule has 3 aliphatic heterocycles. The van der Waals surface area contributed by atoms with Crippen LogP contribution in [0.5, 0.6) is 0 Å². The summed E-state index contributed by atoms with van der Waals surface area (Å²) in [5, 5.41) is 12.5. The SMILES string of the molecule is C=CCCC(=O)NC[C@H](OC(=O)[C@H]1[C@@H]2O[C@@]3(CC2Br)[C@@H]1C(=O)N(CCCO)[C@@H]3C(=O)N(CC=C)Cc1ccccc1)c1ccccc1. The van der Waals surface area contributed by atoms with Crippen molar-refractivity contribution in [1.29, 1.82) is 0 Å². The molecule has 5 rings (SSSR count). The predicted octanol–water partition coefficient (Wildman–Crippen LogP) is 3.70. The van der Waals surface area contributed by atoms with Crippen LogP contribution in [0.4, 0.5) is 0 Å². The summed E-state index contributed by atoms with van der Waals surface area (Å²) < 4.78 is 12.7. The summed E-state index contributed by atoms with van der Waals surface area (Å²) in [4.78, 5) is 58.2. The standard InChI is InChI=1S/C36H42BrN3O7/c1-3-5-17-28(42)38-22-27(25-15-10-7-11-16-25)46-35(45)29-30-33(43)40(19-12-20-41)32(36(30)21-26(37)31(29)47-36)34(44)39(18-4-2)23-24-13-8-6-9-14-24/h3-4,6-11,13-16,26-27,29-32,41H,1-2,5,12,17-23H2,(H,38,42)/t26?,27-,29+,30-,31+,32+,36-/m0/s1. The number of alkyl halides is 1. The average Bonchev–Trinajstić information content (AvgIpc) is 3.67. The van der Waals surface area contributed by atoms with E-state index in [1.807, 2.05) is 60.7 Å². The fraction of sp³-hybridized carbons (Fsp3) is 0.444. The molecular weight excluding hydrogens is 666 g/mol. The molecule has 2 aromatic carbocycles. The zero-order chi connectivity index (χ0) is 33.6. The number of carbonyl (C=O) groups is 4. The van der Waals surface area contributed by atoms with E-state index in [1.54, 1.807) is 17.1 Å². The lowest BCUT2D eigenvalue weighted by Gasteiger charge is -2.37. The number of amides is 3. The second kappa shape index (κ2) is 15.4. The molecule has 0 radical (unpaired) electrons. The Balaban J connectivity index is 1.45. The van der Waals surface area contributed by atoms with E-state index in [-0.39, 0.29) is 61.6 Å². The number of aliphatic hydroxyl groups is 1. The average molecular weight is 709 g/mol. The highest BCUT2D eigenvalue weighted by atomic mass is 79.9. The minimum Gasteiger partial charge on any atom is -0.455 e. The van der Waals surface area contributed by atoms with E-state index in [4.69, 9.17) is 9.47 Å². The molecule has 3 aliphatic rings. The maximum atomic E-state index is 14.5. The highest BCUT2D eigenvalue weighted by molar-refractivity contribution is 9.09. The number of rotatable bonds is 16. The molecule has 3 saturated heterocycles. The molecule has 0 saturated carbocycles. The number of nitrogens with zero attached hydrogens (tertiary/aromatic N) is 2. The first-order valence-corrected chi connectivity index (χ1v) is 17.0. The Bertz CT molecular complexity index is 1460. The Morgan fingerprint density at radius 2 is 1.83 bits per heavy atom. The zero-order valence-corrected chi connectivity index (χ0v) is 27.9. The Morgan fingerprint density at radius 3 is 2.49 bits per heavy atom. The molecule has 11 heteroatoms. The summed E-state index contributed by atoms with van der Waals surface area (Å²) in [6.45, 7) is 8.06.